The zero-order chi connectivity index (χ0) is 12.8. The van der Waals surface area contributed by atoms with Gasteiger partial charge in [0.15, 0.2) is 5.11 Å². The summed E-state index contributed by atoms with van der Waals surface area (Å²) in [6.07, 6.45) is 1.42. The zero-order valence-corrected chi connectivity index (χ0v) is 10.5. The van der Waals surface area contributed by atoms with E-state index in [1.807, 2.05) is 13.8 Å². The molecule has 0 fully saturated rings. The van der Waals surface area contributed by atoms with Crippen LogP contribution in [0.4, 0.5) is 0 Å². The number of rotatable bonds is 3. The molecule has 0 bridgehead atoms. The summed E-state index contributed by atoms with van der Waals surface area (Å²) in [7, 11) is 0. The molecule has 4 N–H and O–H groups in total. The molecule has 1 aromatic rings. The van der Waals surface area contributed by atoms with Gasteiger partial charge in [0.1, 0.15) is 11.5 Å². The van der Waals surface area contributed by atoms with Crippen molar-refractivity contribution in [3.8, 4) is 11.5 Å². The van der Waals surface area contributed by atoms with E-state index < -0.39 is 0 Å². The fourth-order valence-electron chi connectivity index (χ4n) is 1.10. The van der Waals surface area contributed by atoms with Gasteiger partial charge in [-0.25, -0.2) is 0 Å². The fourth-order valence-corrected chi connectivity index (χ4v) is 1.38. The fraction of sp³-hybridized carbons (Fsp3) is 0.273. The van der Waals surface area contributed by atoms with Crippen LogP contribution in [0, 0.1) is 0 Å². The van der Waals surface area contributed by atoms with Gasteiger partial charge in [0, 0.05) is 17.7 Å². The lowest BCUT2D eigenvalue weighted by molar-refractivity contribution is 0.450. The second-order valence-electron chi connectivity index (χ2n) is 3.74. The molecule has 6 heteroatoms. The van der Waals surface area contributed by atoms with Gasteiger partial charge >= 0.3 is 0 Å². The molecule has 0 amide bonds. The Bertz CT molecular complexity index is 433. The van der Waals surface area contributed by atoms with Gasteiger partial charge in [-0.3, -0.25) is 5.43 Å². The molecule has 1 rings (SSSR count). The first kappa shape index (κ1) is 13.2. The van der Waals surface area contributed by atoms with Crippen molar-refractivity contribution in [1.29, 1.82) is 0 Å². The molecule has 0 saturated heterocycles. The van der Waals surface area contributed by atoms with Crippen LogP contribution in [0.1, 0.15) is 19.4 Å². The molecular weight excluding hydrogens is 238 g/mol. The van der Waals surface area contributed by atoms with Gasteiger partial charge in [-0.2, -0.15) is 5.10 Å². The zero-order valence-electron chi connectivity index (χ0n) is 9.64. The molecular formula is C11H15N3O2S. The van der Waals surface area contributed by atoms with Crippen LogP contribution in [0.5, 0.6) is 11.5 Å². The number of hydrogen-bond donors (Lipinski definition) is 4. The summed E-state index contributed by atoms with van der Waals surface area (Å²) in [6, 6.07) is 4.49. The minimum atomic E-state index is -0.0433. The van der Waals surface area contributed by atoms with E-state index in [1.165, 1.54) is 18.3 Å². The van der Waals surface area contributed by atoms with Crippen molar-refractivity contribution in [1.82, 2.24) is 10.7 Å². The quantitative estimate of drug-likeness (QED) is 0.371. The molecule has 0 aliphatic rings. The molecule has 5 nitrogen and oxygen atoms in total. The van der Waals surface area contributed by atoms with Gasteiger partial charge < -0.3 is 15.5 Å². The first-order chi connectivity index (χ1) is 7.99. The van der Waals surface area contributed by atoms with Gasteiger partial charge in [0.05, 0.1) is 6.21 Å². The van der Waals surface area contributed by atoms with E-state index in [0.717, 1.165) is 0 Å². The summed E-state index contributed by atoms with van der Waals surface area (Å²) in [5, 5.41) is 25.8. The molecule has 1 aromatic carbocycles. The molecule has 0 aliphatic heterocycles. The third-order valence-corrected chi connectivity index (χ3v) is 2.01. The number of benzene rings is 1. The lowest BCUT2D eigenvalue weighted by Crippen LogP contribution is -2.36. The minimum Gasteiger partial charge on any atom is -0.508 e. The Hall–Kier alpha value is -1.82. The van der Waals surface area contributed by atoms with Crippen LogP contribution < -0.4 is 10.7 Å². The first-order valence-corrected chi connectivity index (χ1v) is 5.51. The molecule has 0 aliphatic carbocycles. The van der Waals surface area contributed by atoms with Gasteiger partial charge in [-0.15, -0.1) is 0 Å². The highest BCUT2D eigenvalue weighted by molar-refractivity contribution is 7.80. The molecule has 17 heavy (non-hydrogen) atoms. The van der Waals surface area contributed by atoms with E-state index in [2.05, 4.69) is 15.8 Å². The van der Waals surface area contributed by atoms with Crippen LogP contribution in [0.3, 0.4) is 0 Å². The normalized spacial score (nSPS) is 10.8. The molecule has 0 saturated carbocycles. The summed E-state index contributed by atoms with van der Waals surface area (Å²) in [5.74, 6) is -0.0390. The largest absolute Gasteiger partial charge is 0.508 e. The third-order valence-electron chi connectivity index (χ3n) is 1.80. The lowest BCUT2D eigenvalue weighted by atomic mass is 10.2. The second-order valence-corrected chi connectivity index (χ2v) is 4.15. The van der Waals surface area contributed by atoms with E-state index in [4.69, 9.17) is 17.3 Å². The molecule has 0 spiro atoms. The molecule has 0 heterocycles. The number of phenolic OH excluding ortho intramolecular Hbond substituents is 2. The van der Waals surface area contributed by atoms with Crippen LogP contribution in [0.15, 0.2) is 23.3 Å². The monoisotopic (exact) mass is 253 g/mol. The second kappa shape index (κ2) is 6.05. The van der Waals surface area contributed by atoms with Gasteiger partial charge in [-0.05, 0) is 38.2 Å². The predicted octanol–water partition coefficient (Wildman–Crippen LogP) is 1.30. The Morgan fingerprint density at radius 3 is 2.71 bits per heavy atom. The minimum absolute atomic E-state index is 0.00426. The molecule has 0 unspecified atom stereocenters. The maximum Gasteiger partial charge on any atom is 0.187 e. The standard InChI is InChI=1S/C11H15N3O2S/c1-7(2)13-11(17)14-12-6-8-3-4-9(15)5-10(8)16/h3-7,15-16H,1-2H3,(H2,13,14,17)/b12-6+. The predicted molar refractivity (Wildman–Crippen MR) is 71.4 cm³/mol. The van der Waals surface area contributed by atoms with E-state index in [1.54, 1.807) is 6.07 Å². The van der Waals surface area contributed by atoms with Gasteiger partial charge in [0.25, 0.3) is 0 Å². The van der Waals surface area contributed by atoms with Crippen LogP contribution in [0.25, 0.3) is 0 Å². The number of nitrogens with one attached hydrogen (secondary N) is 2. The lowest BCUT2D eigenvalue weighted by Gasteiger charge is -2.09. The summed E-state index contributed by atoms with van der Waals surface area (Å²) in [5.41, 5.74) is 3.11. The highest BCUT2D eigenvalue weighted by Gasteiger charge is 1.99. The number of hydrogen-bond acceptors (Lipinski definition) is 4. The maximum atomic E-state index is 9.47. The van der Waals surface area contributed by atoms with Gasteiger partial charge in [-0.1, -0.05) is 0 Å². The average Bonchev–Trinajstić information content (AvgIpc) is 2.20. The Morgan fingerprint density at radius 2 is 2.12 bits per heavy atom. The highest BCUT2D eigenvalue weighted by atomic mass is 32.1. The van der Waals surface area contributed by atoms with Crippen LogP contribution >= 0.6 is 12.2 Å². The van der Waals surface area contributed by atoms with E-state index in [9.17, 15) is 5.11 Å². The third kappa shape index (κ3) is 4.69. The van der Waals surface area contributed by atoms with Crippen LogP contribution in [-0.4, -0.2) is 27.6 Å². The number of hydrazone groups is 1. The summed E-state index contributed by atoms with van der Waals surface area (Å²) >= 11 is 4.96. The maximum absolute atomic E-state index is 9.47. The van der Waals surface area contributed by atoms with Crippen molar-refractivity contribution in [2.75, 3.05) is 0 Å². The summed E-state index contributed by atoms with van der Waals surface area (Å²) in [4.78, 5) is 0. The van der Waals surface area contributed by atoms with Crippen molar-refractivity contribution in [3.05, 3.63) is 23.8 Å². The number of nitrogens with zero attached hydrogens (tertiary/aromatic N) is 1. The van der Waals surface area contributed by atoms with E-state index in [-0.39, 0.29) is 17.5 Å². The Morgan fingerprint density at radius 1 is 1.41 bits per heavy atom. The van der Waals surface area contributed by atoms with E-state index >= 15 is 0 Å². The molecule has 0 atom stereocenters. The van der Waals surface area contributed by atoms with Crippen molar-refractivity contribution >= 4 is 23.5 Å². The smallest absolute Gasteiger partial charge is 0.187 e. The molecule has 0 aromatic heterocycles. The van der Waals surface area contributed by atoms with Crippen molar-refractivity contribution < 1.29 is 10.2 Å². The summed E-state index contributed by atoms with van der Waals surface area (Å²) in [6.45, 7) is 3.92. The highest BCUT2D eigenvalue weighted by Crippen LogP contribution is 2.20. The number of thiocarbonyl (C=S) groups is 1. The van der Waals surface area contributed by atoms with Crippen molar-refractivity contribution in [2.24, 2.45) is 5.10 Å². The number of aromatic hydroxyl groups is 2. The van der Waals surface area contributed by atoms with E-state index in [0.29, 0.717) is 10.7 Å². The van der Waals surface area contributed by atoms with Gasteiger partial charge in [0.2, 0.25) is 0 Å². The van der Waals surface area contributed by atoms with Crippen molar-refractivity contribution in [2.45, 2.75) is 19.9 Å². The average molecular weight is 253 g/mol. The topological polar surface area (TPSA) is 76.9 Å². The van der Waals surface area contributed by atoms with Crippen molar-refractivity contribution in [3.63, 3.8) is 0 Å². The van der Waals surface area contributed by atoms with Crippen LogP contribution in [-0.2, 0) is 0 Å². The first-order valence-electron chi connectivity index (χ1n) is 5.10. The SMILES string of the molecule is CC(C)NC(=S)N/N=C/c1ccc(O)cc1O. The Labute approximate surface area is 105 Å². The Kier molecular flexibility index (Phi) is 4.71. The number of phenols is 2. The molecule has 92 valence electrons. The summed E-state index contributed by atoms with van der Waals surface area (Å²) < 4.78 is 0. The Balaban J connectivity index is 2.56. The van der Waals surface area contributed by atoms with Crippen LogP contribution in [0.2, 0.25) is 0 Å². The molecule has 0 radical (unpaired) electrons.